The maximum atomic E-state index is 9.45. The number of ether oxygens (including phenoxy) is 1. The Bertz CT molecular complexity index is 486. The molecule has 2 aromatic carbocycles. The molecule has 3 heteroatoms. The fourth-order valence-electron chi connectivity index (χ4n) is 1.56. The zero-order valence-corrected chi connectivity index (χ0v) is 11.6. The normalized spacial score (nSPS) is 10.2. The summed E-state index contributed by atoms with van der Waals surface area (Å²) in [6.45, 7) is 2.44. The first-order valence-corrected chi connectivity index (χ1v) is 6.39. The second-order valence-electron chi connectivity index (χ2n) is 3.92. The van der Waals surface area contributed by atoms with Crippen molar-refractivity contribution in [3.05, 3.63) is 57.2 Å². The molecule has 1 N–H and O–H groups in total. The highest BCUT2D eigenvalue weighted by atomic mass is 127. The van der Waals surface area contributed by atoms with Crippen molar-refractivity contribution in [2.45, 2.75) is 13.5 Å². The van der Waals surface area contributed by atoms with Gasteiger partial charge in [-0.2, -0.15) is 0 Å². The van der Waals surface area contributed by atoms with Gasteiger partial charge >= 0.3 is 0 Å². The van der Waals surface area contributed by atoms with Crippen LogP contribution in [0, 0.1) is 10.5 Å². The molecule has 0 atom stereocenters. The molecule has 2 rings (SSSR count). The molecule has 88 valence electrons. The topological polar surface area (TPSA) is 29.5 Å². The highest BCUT2D eigenvalue weighted by Crippen LogP contribution is 2.22. The molecule has 0 amide bonds. The molecule has 0 heterocycles. The minimum Gasteiger partial charge on any atom is -0.508 e. The zero-order chi connectivity index (χ0) is 12.3. The molecular weight excluding hydrogens is 327 g/mol. The number of phenolic OH excluding ortho intramolecular Hbond substituents is 1. The van der Waals surface area contributed by atoms with Crippen molar-refractivity contribution in [3.63, 3.8) is 0 Å². The van der Waals surface area contributed by atoms with Crippen LogP contribution in [0.15, 0.2) is 42.5 Å². The Morgan fingerprint density at radius 1 is 1.12 bits per heavy atom. The standard InChI is InChI=1S/C14H13IO2/c1-10-6-13(16)8-14(7-10)17-9-11-2-4-12(15)5-3-11/h2-8,16H,9H2,1H3. The van der Waals surface area contributed by atoms with Gasteiger partial charge in [0, 0.05) is 9.64 Å². The summed E-state index contributed by atoms with van der Waals surface area (Å²) in [5.74, 6) is 0.934. The quantitative estimate of drug-likeness (QED) is 0.860. The molecule has 0 fully saturated rings. The van der Waals surface area contributed by atoms with Crippen molar-refractivity contribution in [2.24, 2.45) is 0 Å². The van der Waals surface area contributed by atoms with E-state index in [9.17, 15) is 5.11 Å². The van der Waals surface area contributed by atoms with Gasteiger partial charge in [0.05, 0.1) is 0 Å². The Balaban J connectivity index is 2.04. The SMILES string of the molecule is Cc1cc(O)cc(OCc2ccc(I)cc2)c1. The first-order chi connectivity index (χ1) is 8.13. The van der Waals surface area contributed by atoms with Gasteiger partial charge in [0.15, 0.2) is 0 Å². The molecule has 0 aromatic heterocycles. The number of phenols is 1. The Kier molecular flexibility index (Phi) is 3.89. The van der Waals surface area contributed by atoms with E-state index in [1.54, 1.807) is 12.1 Å². The van der Waals surface area contributed by atoms with Gasteiger partial charge in [0.25, 0.3) is 0 Å². The van der Waals surface area contributed by atoms with E-state index in [-0.39, 0.29) is 5.75 Å². The van der Waals surface area contributed by atoms with Crippen LogP contribution in [0.5, 0.6) is 11.5 Å². The molecule has 2 aromatic rings. The monoisotopic (exact) mass is 340 g/mol. The van der Waals surface area contributed by atoms with Gasteiger partial charge < -0.3 is 9.84 Å². The Morgan fingerprint density at radius 2 is 1.82 bits per heavy atom. The summed E-state index contributed by atoms with van der Waals surface area (Å²) >= 11 is 2.27. The highest BCUT2D eigenvalue weighted by Gasteiger charge is 1.99. The maximum absolute atomic E-state index is 9.45. The smallest absolute Gasteiger partial charge is 0.123 e. The van der Waals surface area contributed by atoms with E-state index < -0.39 is 0 Å². The third-order valence-corrected chi connectivity index (χ3v) is 3.07. The highest BCUT2D eigenvalue weighted by molar-refractivity contribution is 14.1. The van der Waals surface area contributed by atoms with Crippen molar-refractivity contribution < 1.29 is 9.84 Å². The predicted octanol–water partition coefficient (Wildman–Crippen LogP) is 3.88. The van der Waals surface area contributed by atoms with Crippen molar-refractivity contribution in [2.75, 3.05) is 0 Å². The first kappa shape index (κ1) is 12.2. The molecule has 0 bridgehead atoms. The third-order valence-electron chi connectivity index (χ3n) is 2.35. The largest absolute Gasteiger partial charge is 0.508 e. The maximum Gasteiger partial charge on any atom is 0.123 e. The predicted molar refractivity (Wildman–Crippen MR) is 76.3 cm³/mol. The number of hydrogen-bond acceptors (Lipinski definition) is 2. The third kappa shape index (κ3) is 3.63. The summed E-state index contributed by atoms with van der Waals surface area (Å²) in [7, 11) is 0. The van der Waals surface area contributed by atoms with Crippen LogP contribution in [0.25, 0.3) is 0 Å². The summed E-state index contributed by atoms with van der Waals surface area (Å²) in [6.07, 6.45) is 0. The second-order valence-corrected chi connectivity index (χ2v) is 5.17. The summed E-state index contributed by atoms with van der Waals surface area (Å²) in [5.41, 5.74) is 2.11. The van der Waals surface area contributed by atoms with Gasteiger partial charge in [0.2, 0.25) is 0 Å². The van der Waals surface area contributed by atoms with E-state index in [1.165, 1.54) is 3.57 Å². The number of rotatable bonds is 3. The average molecular weight is 340 g/mol. The van der Waals surface area contributed by atoms with Gasteiger partial charge in [-0.1, -0.05) is 12.1 Å². The lowest BCUT2D eigenvalue weighted by molar-refractivity contribution is 0.304. The lowest BCUT2D eigenvalue weighted by Crippen LogP contribution is -1.95. The minimum atomic E-state index is 0.239. The molecule has 0 unspecified atom stereocenters. The van der Waals surface area contributed by atoms with Gasteiger partial charge in [-0.15, -0.1) is 0 Å². The number of aromatic hydroxyl groups is 1. The Labute approximate surface area is 114 Å². The summed E-state index contributed by atoms with van der Waals surface area (Å²) in [4.78, 5) is 0. The summed E-state index contributed by atoms with van der Waals surface area (Å²) < 4.78 is 6.84. The average Bonchev–Trinajstić information content (AvgIpc) is 2.27. The molecule has 0 saturated heterocycles. The van der Waals surface area contributed by atoms with Crippen LogP contribution >= 0.6 is 22.6 Å². The second kappa shape index (κ2) is 5.40. The van der Waals surface area contributed by atoms with Crippen molar-refractivity contribution in [1.29, 1.82) is 0 Å². The molecule has 2 nitrogen and oxygen atoms in total. The Hall–Kier alpha value is -1.23. The molecule has 17 heavy (non-hydrogen) atoms. The van der Waals surface area contributed by atoms with Gasteiger partial charge in [0.1, 0.15) is 18.1 Å². The van der Waals surface area contributed by atoms with Gasteiger partial charge in [-0.3, -0.25) is 0 Å². The number of halogens is 1. The van der Waals surface area contributed by atoms with Crippen LogP contribution in [0.1, 0.15) is 11.1 Å². The van der Waals surface area contributed by atoms with Crippen LogP contribution in [0.4, 0.5) is 0 Å². The van der Waals surface area contributed by atoms with E-state index in [2.05, 4.69) is 22.6 Å². The summed E-state index contributed by atoms with van der Waals surface area (Å²) in [5, 5.41) is 9.45. The van der Waals surface area contributed by atoms with Gasteiger partial charge in [-0.25, -0.2) is 0 Å². The fourth-order valence-corrected chi connectivity index (χ4v) is 1.92. The molecule has 0 aliphatic rings. The fraction of sp³-hybridized carbons (Fsp3) is 0.143. The van der Waals surface area contributed by atoms with Crippen LogP contribution in [0.2, 0.25) is 0 Å². The van der Waals surface area contributed by atoms with E-state index in [1.807, 2.05) is 37.3 Å². The molecule has 0 saturated carbocycles. The molecular formula is C14H13IO2. The van der Waals surface area contributed by atoms with E-state index in [4.69, 9.17) is 4.74 Å². The molecule has 0 aliphatic carbocycles. The first-order valence-electron chi connectivity index (χ1n) is 5.31. The number of aryl methyl sites for hydroxylation is 1. The van der Waals surface area contributed by atoms with Crippen molar-refractivity contribution in [1.82, 2.24) is 0 Å². The lowest BCUT2D eigenvalue weighted by atomic mass is 10.2. The van der Waals surface area contributed by atoms with E-state index >= 15 is 0 Å². The van der Waals surface area contributed by atoms with Crippen LogP contribution in [0.3, 0.4) is 0 Å². The van der Waals surface area contributed by atoms with E-state index in [0.29, 0.717) is 12.4 Å². The van der Waals surface area contributed by atoms with Gasteiger partial charge in [-0.05, 0) is 64.9 Å². The lowest BCUT2D eigenvalue weighted by Gasteiger charge is -2.07. The van der Waals surface area contributed by atoms with E-state index in [0.717, 1.165) is 11.1 Å². The number of benzene rings is 2. The van der Waals surface area contributed by atoms with Crippen LogP contribution in [-0.4, -0.2) is 5.11 Å². The minimum absolute atomic E-state index is 0.239. The van der Waals surface area contributed by atoms with Crippen molar-refractivity contribution >= 4 is 22.6 Å². The van der Waals surface area contributed by atoms with Crippen LogP contribution in [-0.2, 0) is 6.61 Å². The van der Waals surface area contributed by atoms with Crippen molar-refractivity contribution in [3.8, 4) is 11.5 Å². The molecule has 0 spiro atoms. The van der Waals surface area contributed by atoms with Crippen LogP contribution < -0.4 is 4.74 Å². The summed E-state index contributed by atoms with van der Waals surface area (Å²) in [6, 6.07) is 13.4. The number of hydrogen-bond donors (Lipinski definition) is 1. The zero-order valence-electron chi connectivity index (χ0n) is 9.48. The Morgan fingerprint density at radius 3 is 2.47 bits per heavy atom. The molecule has 0 aliphatic heterocycles. The molecule has 0 radical (unpaired) electrons.